The highest BCUT2D eigenvalue weighted by Crippen LogP contribution is 2.08. The number of aryl methyl sites for hydroxylation is 2. The van der Waals surface area contributed by atoms with Gasteiger partial charge in [-0.1, -0.05) is 0 Å². The van der Waals surface area contributed by atoms with Gasteiger partial charge in [-0.15, -0.1) is 0 Å². The van der Waals surface area contributed by atoms with Crippen molar-refractivity contribution in [2.24, 2.45) is 0 Å². The first-order valence-corrected chi connectivity index (χ1v) is 7.11. The third-order valence-electron chi connectivity index (χ3n) is 2.95. The molecule has 0 N–H and O–H groups in total. The van der Waals surface area contributed by atoms with Crippen molar-refractivity contribution >= 4 is 21.8 Å². The highest BCUT2D eigenvalue weighted by Gasteiger charge is 2.15. The molecule has 7 nitrogen and oxygen atoms in total. The molecule has 0 saturated heterocycles. The van der Waals surface area contributed by atoms with Gasteiger partial charge in [0.15, 0.2) is 5.69 Å². The Kier molecular flexibility index (Phi) is 3.46. The molecule has 108 valence electrons. The van der Waals surface area contributed by atoms with Crippen LogP contribution in [0.5, 0.6) is 0 Å². The quantitative estimate of drug-likeness (QED) is 0.724. The molecule has 3 rings (SSSR count). The predicted octanol–water partition coefficient (Wildman–Crippen LogP) is 1.85. The molecule has 3 aromatic rings. The first kappa shape index (κ1) is 13.7. The van der Waals surface area contributed by atoms with E-state index in [2.05, 4.69) is 31.2 Å². The lowest BCUT2D eigenvalue weighted by Crippen LogP contribution is -2.17. The number of halogens is 1. The van der Waals surface area contributed by atoms with Gasteiger partial charge in [0.05, 0.1) is 16.4 Å². The molecule has 0 unspecified atom stereocenters. The second-order valence-corrected chi connectivity index (χ2v) is 5.64. The number of hydrogen-bond donors (Lipinski definition) is 0. The number of carbonyl (C=O) groups is 1. The van der Waals surface area contributed by atoms with E-state index >= 15 is 0 Å². The molecule has 0 bridgehead atoms. The standard InChI is InChI=1S/C13H13BrN6O/c1-9-5-10(2)20(16-9)13(21)12-3-4-18(17-12)8-19-7-11(14)6-15-19/h3-7H,8H2,1-2H3. The van der Waals surface area contributed by atoms with Crippen LogP contribution in [0, 0.1) is 13.8 Å². The van der Waals surface area contributed by atoms with Crippen LogP contribution in [0.1, 0.15) is 21.9 Å². The summed E-state index contributed by atoms with van der Waals surface area (Å²) in [5.41, 5.74) is 1.96. The van der Waals surface area contributed by atoms with E-state index in [9.17, 15) is 4.79 Å². The zero-order valence-corrected chi connectivity index (χ0v) is 13.1. The Labute approximate surface area is 129 Å². The largest absolute Gasteiger partial charge is 0.298 e. The number of rotatable bonds is 3. The van der Waals surface area contributed by atoms with Gasteiger partial charge >= 0.3 is 0 Å². The Morgan fingerprint density at radius 1 is 1.29 bits per heavy atom. The topological polar surface area (TPSA) is 70.5 Å². The average Bonchev–Trinajstić information content (AvgIpc) is 3.11. The summed E-state index contributed by atoms with van der Waals surface area (Å²) in [5.74, 6) is -0.235. The lowest BCUT2D eigenvalue weighted by atomic mass is 10.4. The number of hydrogen-bond acceptors (Lipinski definition) is 4. The van der Waals surface area contributed by atoms with E-state index in [1.54, 1.807) is 27.8 Å². The van der Waals surface area contributed by atoms with Crippen molar-refractivity contribution in [2.45, 2.75) is 20.5 Å². The summed E-state index contributed by atoms with van der Waals surface area (Å²) in [6.45, 7) is 4.14. The summed E-state index contributed by atoms with van der Waals surface area (Å²) in [7, 11) is 0. The highest BCUT2D eigenvalue weighted by atomic mass is 79.9. The van der Waals surface area contributed by atoms with E-state index in [4.69, 9.17) is 0 Å². The van der Waals surface area contributed by atoms with Crippen LogP contribution in [0.3, 0.4) is 0 Å². The van der Waals surface area contributed by atoms with Crippen molar-refractivity contribution in [3.63, 3.8) is 0 Å². The van der Waals surface area contributed by atoms with E-state index in [-0.39, 0.29) is 5.91 Å². The van der Waals surface area contributed by atoms with Gasteiger partial charge in [-0.25, -0.2) is 4.68 Å². The van der Waals surface area contributed by atoms with Crippen molar-refractivity contribution in [1.82, 2.24) is 29.3 Å². The van der Waals surface area contributed by atoms with E-state index < -0.39 is 0 Å². The van der Waals surface area contributed by atoms with E-state index in [1.165, 1.54) is 4.68 Å². The van der Waals surface area contributed by atoms with Gasteiger partial charge in [0.25, 0.3) is 5.91 Å². The zero-order chi connectivity index (χ0) is 15.0. The maximum absolute atomic E-state index is 12.3. The Hall–Kier alpha value is -2.22. The highest BCUT2D eigenvalue weighted by molar-refractivity contribution is 9.10. The Morgan fingerprint density at radius 2 is 2.10 bits per heavy atom. The first-order chi connectivity index (χ1) is 10.0. The molecule has 0 atom stereocenters. The van der Waals surface area contributed by atoms with Gasteiger partial charge in [-0.05, 0) is 41.9 Å². The predicted molar refractivity (Wildman–Crippen MR) is 79.0 cm³/mol. The van der Waals surface area contributed by atoms with Gasteiger partial charge in [-0.2, -0.15) is 20.0 Å². The summed E-state index contributed by atoms with van der Waals surface area (Å²) < 4.78 is 5.63. The summed E-state index contributed by atoms with van der Waals surface area (Å²) in [6.07, 6.45) is 5.28. The molecule has 3 heterocycles. The molecule has 0 saturated carbocycles. The number of carbonyl (C=O) groups excluding carboxylic acids is 1. The van der Waals surface area contributed by atoms with Crippen molar-refractivity contribution in [3.05, 3.63) is 52.3 Å². The van der Waals surface area contributed by atoms with Crippen LogP contribution >= 0.6 is 15.9 Å². The van der Waals surface area contributed by atoms with Gasteiger partial charge in [0.2, 0.25) is 0 Å². The molecule has 8 heteroatoms. The third kappa shape index (κ3) is 2.80. The fourth-order valence-corrected chi connectivity index (χ4v) is 2.39. The smallest absolute Gasteiger partial charge is 0.265 e. The molecule has 0 aromatic carbocycles. The van der Waals surface area contributed by atoms with E-state index in [1.807, 2.05) is 26.1 Å². The monoisotopic (exact) mass is 348 g/mol. The number of nitrogens with zero attached hydrogens (tertiary/aromatic N) is 6. The molecule has 0 aliphatic rings. The van der Waals surface area contributed by atoms with Gasteiger partial charge in [0.1, 0.15) is 6.67 Å². The van der Waals surface area contributed by atoms with E-state index in [0.29, 0.717) is 12.4 Å². The van der Waals surface area contributed by atoms with Gasteiger partial charge in [0, 0.05) is 18.1 Å². The van der Waals surface area contributed by atoms with E-state index in [0.717, 1.165) is 15.9 Å². The average molecular weight is 349 g/mol. The van der Waals surface area contributed by atoms with Crippen molar-refractivity contribution in [3.8, 4) is 0 Å². The summed E-state index contributed by atoms with van der Waals surface area (Å²) in [6, 6.07) is 3.54. The second-order valence-electron chi connectivity index (χ2n) is 4.72. The Bertz CT molecular complexity index is 799. The maximum atomic E-state index is 12.3. The second kappa shape index (κ2) is 5.28. The molecule has 0 aliphatic carbocycles. The summed E-state index contributed by atoms with van der Waals surface area (Å²) in [5, 5.41) is 12.6. The molecule has 0 spiro atoms. The Balaban J connectivity index is 1.81. The minimum atomic E-state index is -0.235. The summed E-state index contributed by atoms with van der Waals surface area (Å²) in [4.78, 5) is 12.3. The van der Waals surface area contributed by atoms with Crippen LogP contribution in [0.15, 0.2) is 35.2 Å². The molecule has 0 amide bonds. The van der Waals surface area contributed by atoms with Crippen molar-refractivity contribution in [2.75, 3.05) is 0 Å². The normalized spacial score (nSPS) is 11.0. The minimum Gasteiger partial charge on any atom is -0.265 e. The summed E-state index contributed by atoms with van der Waals surface area (Å²) >= 11 is 3.34. The zero-order valence-electron chi connectivity index (χ0n) is 11.6. The SMILES string of the molecule is Cc1cc(C)n(C(=O)c2ccn(Cn3cc(Br)cn3)n2)n1. The Morgan fingerprint density at radius 3 is 2.71 bits per heavy atom. The van der Waals surface area contributed by atoms with Crippen LogP contribution in [-0.2, 0) is 6.67 Å². The maximum Gasteiger partial charge on any atom is 0.298 e. The molecular weight excluding hydrogens is 336 g/mol. The molecular formula is C13H13BrN6O. The van der Waals surface area contributed by atoms with Crippen LogP contribution < -0.4 is 0 Å². The lowest BCUT2D eigenvalue weighted by Gasteiger charge is -2.02. The van der Waals surface area contributed by atoms with Crippen LogP contribution in [-0.4, -0.2) is 35.2 Å². The van der Waals surface area contributed by atoms with Crippen LogP contribution in [0.2, 0.25) is 0 Å². The molecule has 0 fully saturated rings. The number of aromatic nitrogens is 6. The molecule has 0 radical (unpaired) electrons. The molecule has 3 aromatic heterocycles. The third-order valence-corrected chi connectivity index (χ3v) is 3.36. The fraction of sp³-hybridized carbons (Fsp3) is 0.231. The minimum absolute atomic E-state index is 0.235. The van der Waals surface area contributed by atoms with Crippen molar-refractivity contribution < 1.29 is 4.79 Å². The lowest BCUT2D eigenvalue weighted by molar-refractivity contribution is 0.0936. The van der Waals surface area contributed by atoms with Crippen molar-refractivity contribution in [1.29, 1.82) is 0 Å². The fourth-order valence-electron chi connectivity index (χ4n) is 2.06. The van der Waals surface area contributed by atoms with Gasteiger partial charge < -0.3 is 0 Å². The van der Waals surface area contributed by atoms with Crippen LogP contribution in [0.4, 0.5) is 0 Å². The molecule has 0 aliphatic heterocycles. The van der Waals surface area contributed by atoms with Gasteiger partial charge in [-0.3, -0.25) is 9.48 Å². The first-order valence-electron chi connectivity index (χ1n) is 6.32. The molecule has 21 heavy (non-hydrogen) atoms. The van der Waals surface area contributed by atoms with Crippen LogP contribution in [0.25, 0.3) is 0 Å².